The first-order valence-corrected chi connectivity index (χ1v) is 11.4. The highest BCUT2D eigenvalue weighted by Gasteiger charge is 2.41. The van der Waals surface area contributed by atoms with E-state index in [9.17, 15) is 19.5 Å². The monoisotopic (exact) mass is 469 g/mol. The van der Waals surface area contributed by atoms with E-state index in [1.54, 1.807) is 0 Å². The molecular formula is C25H35N5O4. The Hall–Kier alpha value is -3.36. The molecule has 34 heavy (non-hydrogen) atoms. The third-order valence-corrected chi connectivity index (χ3v) is 6.22. The van der Waals surface area contributed by atoms with Crippen LogP contribution in [0.3, 0.4) is 0 Å². The van der Waals surface area contributed by atoms with Crippen LogP contribution in [0.25, 0.3) is 11.4 Å². The van der Waals surface area contributed by atoms with Crippen LogP contribution >= 0.6 is 0 Å². The Morgan fingerprint density at radius 3 is 2.21 bits per heavy atom. The molecule has 3 amide bonds. The van der Waals surface area contributed by atoms with Crippen molar-refractivity contribution in [3.8, 4) is 11.4 Å². The molecule has 0 saturated carbocycles. The molecule has 3 N–H and O–H groups in total. The van der Waals surface area contributed by atoms with E-state index in [1.807, 2.05) is 76.4 Å². The molecule has 0 radical (unpaired) electrons. The number of nitrogens with zero attached hydrogens (tertiary/aromatic N) is 3. The number of likely N-dealkylation sites (N-methyl/N-ethyl adjacent to an activating group) is 1. The summed E-state index contributed by atoms with van der Waals surface area (Å²) in [6.45, 7) is 12.1. The van der Waals surface area contributed by atoms with Gasteiger partial charge in [0.05, 0.1) is 18.3 Å². The van der Waals surface area contributed by atoms with Crippen molar-refractivity contribution in [3.63, 3.8) is 0 Å². The van der Waals surface area contributed by atoms with Gasteiger partial charge >= 0.3 is 6.09 Å². The van der Waals surface area contributed by atoms with Crippen LogP contribution in [0.1, 0.15) is 63.8 Å². The summed E-state index contributed by atoms with van der Waals surface area (Å²) >= 11 is 0. The quantitative estimate of drug-likeness (QED) is 0.633. The Morgan fingerprint density at radius 2 is 1.71 bits per heavy atom. The molecule has 1 aromatic carbocycles. The number of carboxylic acid groups (broad SMARTS) is 1. The molecule has 9 nitrogen and oxygen atoms in total. The van der Waals surface area contributed by atoms with Gasteiger partial charge in [-0.05, 0) is 10.8 Å². The van der Waals surface area contributed by atoms with Crippen LogP contribution in [0, 0.1) is 10.8 Å². The van der Waals surface area contributed by atoms with Gasteiger partial charge in [0.25, 0.3) is 5.91 Å². The van der Waals surface area contributed by atoms with Crippen molar-refractivity contribution in [2.24, 2.45) is 10.8 Å². The van der Waals surface area contributed by atoms with E-state index in [0.717, 1.165) is 5.56 Å². The van der Waals surface area contributed by atoms with E-state index in [2.05, 4.69) is 10.6 Å². The summed E-state index contributed by atoms with van der Waals surface area (Å²) < 4.78 is 2.01. The maximum absolute atomic E-state index is 13.5. The fraction of sp³-hybridized carbons (Fsp3) is 0.520. The van der Waals surface area contributed by atoms with Crippen LogP contribution in [-0.2, 0) is 11.3 Å². The lowest BCUT2D eigenvalue weighted by Gasteiger charge is -2.41. The molecule has 1 aliphatic rings. The number of carbonyl (C=O) groups excluding carboxylic acids is 2. The fourth-order valence-electron chi connectivity index (χ4n) is 4.29. The Balaban J connectivity index is 2.19. The Labute approximate surface area is 200 Å². The van der Waals surface area contributed by atoms with E-state index in [4.69, 9.17) is 4.98 Å². The minimum atomic E-state index is -1.05. The van der Waals surface area contributed by atoms with Crippen LogP contribution in [0.15, 0.2) is 30.3 Å². The highest BCUT2D eigenvalue weighted by Crippen LogP contribution is 2.40. The zero-order valence-corrected chi connectivity index (χ0v) is 21.0. The molecule has 3 rings (SSSR count). The van der Waals surface area contributed by atoms with Crippen LogP contribution < -0.4 is 10.6 Å². The summed E-state index contributed by atoms with van der Waals surface area (Å²) in [5, 5.41) is 15.2. The van der Waals surface area contributed by atoms with Gasteiger partial charge in [-0.25, -0.2) is 9.78 Å². The first-order valence-electron chi connectivity index (χ1n) is 11.4. The van der Waals surface area contributed by atoms with Crippen molar-refractivity contribution >= 4 is 17.9 Å². The first-order chi connectivity index (χ1) is 15.8. The van der Waals surface area contributed by atoms with Gasteiger partial charge in [-0.1, -0.05) is 71.9 Å². The first kappa shape index (κ1) is 25.3. The van der Waals surface area contributed by atoms with Gasteiger partial charge in [-0.2, -0.15) is 0 Å². The fourth-order valence-corrected chi connectivity index (χ4v) is 4.29. The third-order valence-electron chi connectivity index (χ3n) is 6.22. The van der Waals surface area contributed by atoms with Crippen LogP contribution in [0.5, 0.6) is 0 Å². The van der Waals surface area contributed by atoms with Crippen LogP contribution in [0.2, 0.25) is 0 Å². The van der Waals surface area contributed by atoms with Crippen molar-refractivity contribution < 1.29 is 19.5 Å². The molecule has 2 aromatic rings. The lowest BCUT2D eigenvalue weighted by atomic mass is 9.84. The lowest BCUT2D eigenvalue weighted by molar-refractivity contribution is -0.124. The zero-order valence-electron chi connectivity index (χ0n) is 21.0. The average Bonchev–Trinajstić information content (AvgIpc) is 3.15. The molecule has 9 heteroatoms. The topological polar surface area (TPSA) is 117 Å². The number of carbonyl (C=O) groups is 3. The normalized spacial score (nSPS) is 17.0. The zero-order chi connectivity index (χ0) is 25.4. The largest absolute Gasteiger partial charge is 0.465 e. The van der Waals surface area contributed by atoms with Gasteiger partial charge in [-0.3, -0.25) is 9.59 Å². The molecule has 1 aromatic heterocycles. The van der Waals surface area contributed by atoms with Gasteiger partial charge in [0.1, 0.15) is 11.9 Å². The van der Waals surface area contributed by atoms with Gasteiger partial charge < -0.3 is 25.2 Å². The average molecular weight is 470 g/mol. The molecule has 1 aliphatic heterocycles. The molecule has 0 fully saturated rings. The second-order valence-electron chi connectivity index (χ2n) is 10.9. The number of benzene rings is 1. The summed E-state index contributed by atoms with van der Waals surface area (Å²) in [4.78, 5) is 44.1. The molecule has 2 heterocycles. The van der Waals surface area contributed by atoms with Crippen molar-refractivity contribution in [2.75, 3.05) is 13.6 Å². The molecule has 2 atom stereocenters. The number of rotatable bonds is 4. The minimum absolute atomic E-state index is 0.0324. The number of imidazole rings is 1. The molecular weight excluding hydrogens is 434 g/mol. The van der Waals surface area contributed by atoms with E-state index in [-0.39, 0.29) is 36.1 Å². The molecule has 1 unspecified atom stereocenters. The second kappa shape index (κ2) is 9.12. The minimum Gasteiger partial charge on any atom is -0.465 e. The van der Waals surface area contributed by atoms with E-state index in [0.29, 0.717) is 11.5 Å². The van der Waals surface area contributed by atoms with E-state index in [1.165, 1.54) is 11.9 Å². The summed E-state index contributed by atoms with van der Waals surface area (Å²) in [5.41, 5.74) is 0.640. The smallest absolute Gasteiger partial charge is 0.407 e. The van der Waals surface area contributed by atoms with Gasteiger partial charge in [-0.15, -0.1) is 0 Å². The van der Waals surface area contributed by atoms with Crippen molar-refractivity contribution in [2.45, 2.75) is 60.2 Å². The number of nitrogens with one attached hydrogen (secondary N) is 2. The SMILES string of the molecule is CNC(=O)C(NC(=O)c1nc(-c2ccccc2)n2c1CN(C(=O)O)C[C@@H]2C(C)(C)C)C(C)(C)C. The molecule has 0 bridgehead atoms. The summed E-state index contributed by atoms with van der Waals surface area (Å²) in [5.74, 6) is -0.204. The predicted molar refractivity (Wildman–Crippen MR) is 129 cm³/mol. The lowest BCUT2D eigenvalue weighted by Crippen LogP contribution is -2.53. The number of aromatic nitrogens is 2. The molecule has 0 aliphatic carbocycles. The maximum Gasteiger partial charge on any atom is 0.407 e. The Kier molecular flexibility index (Phi) is 6.78. The Morgan fingerprint density at radius 1 is 1.09 bits per heavy atom. The van der Waals surface area contributed by atoms with Crippen molar-refractivity contribution in [3.05, 3.63) is 41.7 Å². The third kappa shape index (κ3) is 4.93. The van der Waals surface area contributed by atoms with Gasteiger partial charge in [0, 0.05) is 19.2 Å². The molecule has 0 saturated heterocycles. The molecule has 0 spiro atoms. The summed E-state index contributed by atoms with van der Waals surface area (Å²) in [6.07, 6.45) is -1.05. The number of amides is 3. The van der Waals surface area contributed by atoms with Gasteiger partial charge in [0.15, 0.2) is 5.69 Å². The highest BCUT2D eigenvalue weighted by atomic mass is 16.4. The van der Waals surface area contributed by atoms with Crippen molar-refractivity contribution in [1.29, 1.82) is 0 Å². The van der Waals surface area contributed by atoms with E-state index >= 15 is 0 Å². The second-order valence-corrected chi connectivity index (χ2v) is 10.9. The number of hydrogen-bond donors (Lipinski definition) is 3. The van der Waals surface area contributed by atoms with Crippen LogP contribution in [-0.4, -0.2) is 57.1 Å². The standard InChI is InChI=1S/C25H35N5O4/c1-24(2,3)17-14-29(23(33)34)13-16-18(21(31)28-19(22(32)26-7)25(4,5)6)27-20(30(16)17)15-11-9-8-10-12-15/h8-12,17,19H,13-14H2,1-7H3,(H,26,32)(H,28,31)(H,33,34)/t17-,19?/m1/s1. The van der Waals surface area contributed by atoms with Gasteiger partial charge in [0.2, 0.25) is 5.91 Å². The summed E-state index contributed by atoms with van der Waals surface area (Å²) in [6, 6.07) is 8.51. The van der Waals surface area contributed by atoms with Crippen molar-refractivity contribution in [1.82, 2.24) is 25.1 Å². The Bertz CT molecular complexity index is 1080. The van der Waals surface area contributed by atoms with Crippen LogP contribution in [0.4, 0.5) is 4.79 Å². The predicted octanol–water partition coefficient (Wildman–Crippen LogP) is 3.52. The highest BCUT2D eigenvalue weighted by molar-refractivity contribution is 5.98. The number of hydrogen-bond acceptors (Lipinski definition) is 4. The summed E-state index contributed by atoms with van der Waals surface area (Å²) in [7, 11) is 1.53. The maximum atomic E-state index is 13.5. The molecule has 184 valence electrons. The van der Waals surface area contributed by atoms with E-state index < -0.39 is 23.5 Å². The number of fused-ring (bicyclic) bond motifs is 1.